The van der Waals surface area contributed by atoms with Gasteiger partial charge in [0.2, 0.25) is 10.0 Å². The number of rotatable bonds is 4. The van der Waals surface area contributed by atoms with Crippen molar-refractivity contribution in [3.8, 4) is 0 Å². The maximum atomic E-state index is 11.9. The van der Waals surface area contributed by atoms with Gasteiger partial charge in [-0.15, -0.1) is 0 Å². The minimum atomic E-state index is -3.38. The molecule has 5 heteroatoms. The van der Waals surface area contributed by atoms with Crippen molar-refractivity contribution in [3.63, 3.8) is 0 Å². The number of hydrogen-bond donors (Lipinski definition) is 2. The molecule has 0 saturated carbocycles. The number of anilines is 1. The first-order chi connectivity index (χ1) is 7.36. The second kappa shape index (κ2) is 4.84. The maximum absolute atomic E-state index is 11.9. The van der Waals surface area contributed by atoms with Gasteiger partial charge in [0.15, 0.2) is 0 Å². The fourth-order valence-corrected chi connectivity index (χ4v) is 2.80. The minimum absolute atomic E-state index is 0.103. The SMILES string of the molecule is CNc1ccc(S(=O)(=O)NC(C)C)cc1C. The summed E-state index contributed by atoms with van der Waals surface area (Å²) in [5.41, 5.74) is 1.85. The largest absolute Gasteiger partial charge is 0.388 e. The zero-order chi connectivity index (χ0) is 12.3. The molecule has 1 aromatic rings. The lowest BCUT2D eigenvalue weighted by Gasteiger charge is -2.11. The van der Waals surface area contributed by atoms with Crippen molar-refractivity contribution in [1.82, 2.24) is 4.72 Å². The molecule has 0 spiro atoms. The highest BCUT2D eigenvalue weighted by molar-refractivity contribution is 7.89. The van der Waals surface area contributed by atoms with E-state index in [4.69, 9.17) is 0 Å². The smallest absolute Gasteiger partial charge is 0.240 e. The van der Waals surface area contributed by atoms with E-state index in [1.807, 2.05) is 14.0 Å². The molecular weight excluding hydrogens is 224 g/mol. The average Bonchev–Trinajstić information content (AvgIpc) is 2.15. The number of sulfonamides is 1. The highest BCUT2D eigenvalue weighted by atomic mass is 32.2. The summed E-state index contributed by atoms with van der Waals surface area (Å²) in [4.78, 5) is 0.303. The molecule has 0 aliphatic rings. The van der Waals surface area contributed by atoms with Crippen LogP contribution in [0.5, 0.6) is 0 Å². The summed E-state index contributed by atoms with van der Waals surface area (Å²) in [5.74, 6) is 0. The molecule has 0 fully saturated rings. The zero-order valence-corrected chi connectivity index (χ0v) is 10.9. The van der Waals surface area contributed by atoms with Gasteiger partial charge >= 0.3 is 0 Å². The van der Waals surface area contributed by atoms with Gasteiger partial charge in [-0.05, 0) is 44.5 Å². The quantitative estimate of drug-likeness (QED) is 0.845. The van der Waals surface area contributed by atoms with Crippen molar-refractivity contribution in [3.05, 3.63) is 23.8 Å². The average molecular weight is 242 g/mol. The van der Waals surface area contributed by atoms with E-state index in [0.717, 1.165) is 11.3 Å². The van der Waals surface area contributed by atoms with Gasteiger partial charge in [-0.1, -0.05) is 0 Å². The molecule has 0 aliphatic heterocycles. The van der Waals surface area contributed by atoms with Gasteiger partial charge in [-0.2, -0.15) is 0 Å². The predicted molar refractivity (Wildman–Crippen MR) is 66.2 cm³/mol. The predicted octanol–water partition coefficient (Wildman–Crippen LogP) is 1.72. The highest BCUT2D eigenvalue weighted by Crippen LogP contribution is 2.19. The fraction of sp³-hybridized carbons (Fsp3) is 0.455. The van der Waals surface area contributed by atoms with Crippen LogP contribution in [0.15, 0.2) is 23.1 Å². The second-order valence-electron chi connectivity index (χ2n) is 4.00. The number of nitrogens with one attached hydrogen (secondary N) is 2. The third-order valence-electron chi connectivity index (χ3n) is 2.17. The van der Waals surface area contributed by atoms with E-state index in [0.29, 0.717) is 4.90 Å². The molecule has 0 unspecified atom stereocenters. The van der Waals surface area contributed by atoms with E-state index >= 15 is 0 Å². The zero-order valence-electron chi connectivity index (χ0n) is 10.0. The van der Waals surface area contributed by atoms with Crippen LogP contribution in [0.3, 0.4) is 0 Å². The lowest BCUT2D eigenvalue weighted by molar-refractivity contribution is 0.570. The summed E-state index contributed by atoms with van der Waals surface area (Å²) < 4.78 is 26.3. The molecule has 0 atom stereocenters. The highest BCUT2D eigenvalue weighted by Gasteiger charge is 2.15. The Labute approximate surface area is 97.1 Å². The first-order valence-electron chi connectivity index (χ1n) is 5.17. The Kier molecular flexibility index (Phi) is 3.93. The van der Waals surface area contributed by atoms with Crippen molar-refractivity contribution in [1.29, 1.82) is 0 Å². The molecule has 0 radical (unpaired) electrons. The van der Waals surface area contributed by atoms with Crippen molar-refractivity contribution >= 4 is 15.7 Å². The number of aryl methyl sites for hydroxylation is 1. The van der Waals surface area contributed by atoms with Crippen LogP contribution in [0.1, 0.15) is 19.4 Å². The van der Waals surface area contributed by atoms with Crippen LogP contribution >= 0.6 is 0 Å². The lowest BCUT2D eigenvalue weighted by atomic mass is 10.2. The first kappa shape index (κ1) is 13.0. The number of benzene rings is 1. The minimum Gasteiger partial charge on any atom is -0.388 e. The van der Waals surface area contributed by atoms with E-state index in [-0.39, 0.29) is 6.04 Å². The normalized spacial score (nSPS) is 11.8. The van der Waals surface area contributed by atoms with Gasteiger partial charge in [-0.25, -0.2) is 13.1 Å². The van der Waals surface area contributed by atoms with Crippen LogP contribution in [0.4, 0.5) is 5.69 Å². The van der Waals surface area contributed by atoms with Crippen molar-refractivity contribution < 1.29 is 8.42 Å². The van der Waals surface area contributed by atoms with Crippen molar-refractivity contribution in [2.45, 2.75) is 31.7 Å². The molecule has 0 amide bonds. The molecule has 2 N–H and O–H groups in total. The molecule has 16 heavy (non-hydrogen) atoms. The fourth-order valence-electron chi connectivity index (χ4n) is 1.46. The molecule has 1 rings (SSSR count). The van der Waals surface area contributed by atoms with Crippen molar-refractivity contribution in [2.75, 3.05) is 12.4 Å². The molecule has 90 valence electrons. The van der Waals surface area contributed by atoms with Crippen LogP contribution in [-0.4, -0.2) is 21.5 Å². The van der Waals surface area contributed by atoms with E-state index in [1.54, 1.807) is 32.0 Å². The van der Waals surface area contributed by atoms with Crippen LogP contribution in [-0.2, 0) is 10.0 Å². The molecule has 4 nitrogen and oxygen atoms in total. The topological polar surface area (TPSA) is 58.2 Å². The van der Waals surface area contributed by atoms with Gasteiger partial charge in [0.05, 0.1) is 4.90 Å². The van der Waals surface area contributed by atoms with E-state index in [9.17, 15) is 8.42 Å². The molecule has 0 bridgehead atoms. The van der Waals surface area contributed by atoms with Gasteiger partial charge in [0, 0.05) is 18.8 Å². The Morgan fingerprint density at radius 3 is 2.31 bits per heavy atom. The van der Waals surface area contributed by atoms with Crippen LogP contribution in [0.25, 0.3) is 0 Å². The Morgan fingerprint density at radius 2 is 1.88 bits per heavy atom. The van der Waals surface area contributed by atoms with Gasteiger partial charge in [0.1, 0.15) is 0 Å². The Bertz CT molecular complexity index is 467. The Hall–Kier alpha value is -1.07. The van der Waals surface area contributed by atoms with Gasteiger partial charge < -0.3 is 5.32 Å². The van der Waals surface area contributed by atoms with E-state index in [2.05, 4.69) is 10.0 Å². The van der Waals surface area contributed by atoms with E-state index in [1.165, 1.54) is 0 Å². The molecule has 0 aliphatic carbocycles. The third-order valence-corrected chi connectivity index (χ3v) is 3.82. The molecule has 0 saturated heterocycles. The van der Waals surface area contributed by atoms with E-state index < -0.39 is 10.0 Å². The summed E-state index contributed by atoms with van der Waals surface area (Å²) in [6.45, 7) is 5.47. The van der Waals surface area contributed by atoms with Crippen LogP contribution in [0, 0.1) is 6.92 Å². The van der Waals surface area contributed by atoms with Crippen molar-refractivity contribution in [2.24, 2.45) is 0 Å². The summed E-state index contributed by atoms with van der Waals surface area (Å²) >= 11 is 0. The van der Waals surface area contributed by atoms with Crippen LogP contribution < -0.4 is 10.0 Å². The molecule has 1 aromatic carbocycles. The Morgan fingerprint density at radius 1 is 1.25 bits per heavy atom. The van der Waals surface area contributed by atoms with Crippen LogP contribution in [0.2, 0.25) is 0 Å². The summed E-state index contributed by atoms with van der Waals surface area (Å²) in [5, 5.41) is 3.00. The standard InChI is InChI=1S/C11H18N2O2S/c1-8(2)13-16(14,15)10-5-6-11(12-4)9(3)7-10/h5-8,12-13H,1-4H3. The monoisotopic (exact) mass is 242 g/mol. The first-order valence-corrected chi connectivity index (χ1v) is 6.66. The Balaban J connectivity index is 3.10. The van der Waals surface area contributed by atoms with Gasteiger partial charge in [-0.3, -0.25) is 0 Å². The lowest BCUT2D eigenvalue weighted by Crippen LogP contribution is -2.30. The summed E-state index contributed by atoms with van der Waals surface area (Å²) in [6.07, 6.45) is 0. The molecule has 0 aromatic heterocycles. The second-order valence-corrected chi connectivity index (χ2v) is 5.72. The molecular formula is C11H18N2O2S. The molecule has 0 heterocycles. The third kappa shape index (κ3) is 2.96. The summed E-state index contributed by atoms with van der Waals surface area (Å²) in [7, 11) is -1.58. The maximum Gasteiger partial charge on any atom is 0.240 e. The van der Waals surface area contributed by atoms with Gasteiger partial charge in [0.25, 0.3) is 0 Å². The number of hydrogen-bond acceptors (Lipinski definition) is 3. The summed E-state index contributed by atoms with van der Waals surface area (Å²) in [6, 6.07) is 4.93.